The molecule has 0 N–H and O–H groups in total. The van der Waals surface area contributed by atoms with Gasteiger partial charge in [-0.15, -0.1) is 10.2 Å². The van der Waals surface area contributed by atoms with Crippen molar-refractivity contribution in [1.29, 1.82) is 0 Å². The molecule has 0 spiro atoms. The summed E-state index contributed by atoms with van der Waals surface area (Å²) >= 11 is 6.14. The largest absolute Gasteiger partial charge is 0.375 e. The molecule has 0 fully saturated rings. The number of rotatable bonds is 1. The molecule has 4 aromatic rings. The van der Waals surface area contributed by atoms with E-state index in [9.17, 15) is 0 Å². The predicted octanol–water partition coefficient (Wildman–Crippen LogP) is 1.75. The number of fused-ring (bicyclic) bond motifs is 4. The Balaban J connectivity index is 1.71. The second-order valence-corrected chi connectivity index (χ2v) is 6.88. The number of halogens is 1. The molecule has 132 valence electrons. The van der Waals surface area contributed by atoms with Crippen LogP contribution in [0.3, 0.4) is 0 Å². The quantitative estimate of drug-likeness (QED) is 0.472. The molecule has 3 aromatic heterocycles. The molecule has 0 saturated carbocycles. The van der Waals surface area contributed by atoms with Gasteiger partial charge in [0.1, 0.15) is 13.5 Å². The lowest BCUT2D eigenvalue weighted by Crippen LogP contribution is -2.21. The number of anilines is 1. The molecule has 1 aromatic carbocycles. The van der Waals surface area contributed by atoms with Crippen LogP contribution in [0.1, 0.15) is 5.56 Å². The fraction of sp³-hybridized carbons (Fsp3) is 0.222. The predicted molar refractivity (Wildman–Crippen MR) is 105 cm³/mol. The zero-order chi connectivity index (χ0) is 18.5. The summed E-state index contributed by atoms with van der Waals surface area (Å²) in [4.78, 5) is 6.77. The minimum atomic E-state index is 0.446. The smallest absolute Gasteiger partial charge is 0.203 e. The zero-order valence-electron chi connectivity index (χ0n) is 14.6. The first-order valence-electron chi connectivity index (χ1n) is 8.51. The van der Waals surface area contributed by atoms with Gasteiger partial charge in [0, 0.05) is 24.2 Å². The number of aromatic nitrogens is 5. The first kappa shape index (κ1) is 16.5. The minimum absolute atomic E-state index is 0.446. The molecule has 4 heterocycles. The molecule has 0 unspecified atom stereocenters. The van der Waals surface area contributed by atoms with Crippen molar-refractivity contribution in [2.24, 2.45) is 0 Å². The summed E-state index contributed by atoms with van der Waals surface area (Å²) in [5.41, 5.74) is 4.33. The van der Waals surface area contributed by atoms with Gasteiger partial charge in [-0.05, 0) is 17.5 Å². The van der Waals surface area contributed by atoms with Crippen LogP contribution in [0.2, 0.25) is 5.02 Å². The van der Waals surface area contributed by atoms with Crippen LogP contribution in [0.15, 0.2) is 30.5 Å². The zero-order valence-corrected chi connectivity index (χ0v) is 15.3. The summed E-state index contributed by atoms with van der Waals surface area (Å²) in [7, 11) is 8.12. The SMILES string of the molecule is [B]c1c(Cl)ccc2ccc(-c3nnc4c5c(cnn34)N(C)CCOC5)nc12. The van der Waals surface area contributed by atoms with E-state index in [1.165, 1.54) is 0 Å². The van der Waals surface area contributed by atoms with Crippen LogP contribution < -0.4 is 10.4 Å². The highest BCUT2D eigenvalue weighted by Gasteiger charge is 2.21. The molecule has 9 heteroatoms. The normalized spacial score (nSPS) is 14.5. The summed E-state index contributed by atoms with van der Waals surface area (Å²) in [5, 5.41) is 14.6. The lowest BCUT2D eigenvalue weighted by atomic mass is 9.93. The molecule has 2 radical (unpaired) electrons. The van der Waals surface area contributed by atoms with Crippen molar-refractivity contribution in [2.75, 3.05) is 25.1 Å². The van der Waals surface area contributed by atoms with E-state index in [1.54, 1.807) is 10.6 Å². The van der Waals surface area contributed by atoms with Crippen LogP contribution in [0, 0.1) is 0 Å². The van der Waals surface area contributed by atoms with Gasteiger partial charge in [0.05, 0.1) is 30.6 Å². The van der Waals surface area contributed by atoms with Crippen molar-refractivity contribution in [1.82, 2.24) is 24.8 Å². The van der Waals surface area contributed by atoms with E-state index in [-0.39, 0.29) is 0 Å². The second-order valence-electron chi connectivity index (χ2n) is 6.47. The number of ether oxygens (including phenoxy) is 1. The van der Waals surface area contributed by atoms with Gasteiger partial charge in [-0.1, -0.05) is 29.2 Å². The first-order valence-corrected chi connectivity index (χ1v) is 8.88. The van der Waals surface area contributed by atoms with Gasteiger partial charge in [-0.2, -0.15) is 9.61 Å². The number of hydrogen-bond donors (Lipinski definition) is 0. The Hall–Kier alpha value is -2.71. The molecular formula is C18H14BClN6O. The van der Waals surface area contributed by atoms with E-state index in [1.807, 2.05) is 31.4 Å². The van der Waals surface area contributed by atoms with Crippen LogP contribution in [0.25, 0.3) is 28.1 Å². The molecule has 27 heavy (non-hydrogen) atoms. The van der Waals surface area contributed by atoms with Crippen molar-refractivity contribution in [2.45, 2.75) is 6.61 Å². The van der Waals surface area contributed by atoms with Gasteiger partial charge in [-0.25, -0.2) is 4.98 Å². The fourth-order valence-electron chi connectivity index (χ4n) is 3.32. The van der Waals surface area contributed by atoms with Crippen molar-refractivity contribution >= 4 is 47.1 Å². The molecule has 0 bridgehead atoms. The lowest BCUT2D eigenvalue weighted by molar-refractivity contribution is 0.133. The lowest BCUT2D eigenvalue weighted by Gasteiger charge is -2.17. The van der Waals surface area contributed by atoms with Gasteiger partial charge in [0.15, 0.2) is 5.65 Å². The Morgan fingerprint density at radius 1 is 1.19 bits per heavy atom. The monoisotopic (exact) mass is 376 g/mol. The van der Waals surface area contributed by atoms with Gasteiger partial charge in [0.25, 0.3) is 0 Å². The van der Waals surface area contributed by atoms with Crippen molar-refractivity contribution in [3.8, 4) is 11.5 Å². The number of pyridine rings is 1. The Morgan fingerprint density at radius 2 is 2.04 bits per heavy atom. The summed E-state index contributed by atoms with van der Waals surface area (Å²) in [6, 6.07) is 7.46. The summed E-state index contributed by atoms with van der Waals surface area (Å²) in [6.45, 7) is 1.93. The maximum Gasteiger partial charge on any atom is 0.203 e. The topological polar surface area (TPSA) is 68.4 Å². The second kappa shape index (κ2) is 6.18. The summed E-state index contributed by atoms with van der Waals surface area (Å²) in [5.74, 6) is 0.543. The maximum absolute atomic E-state index is 6.14. The Labute approximate surface area is 161 Å². The summed E-state index contributed by atoms with van der Waals surface area (Å²) < 4.78 is 7.39. The average Bonchev–Trinajstić information content (AvgIpc) is 3.03. The highest BCUT2D eigenvalue weighted by atomic mass is 35.5. The Bertz CT molecular complexity index is 1190. The van der Waals surface area contributed by atoms with Gasteiger partial charge in [0.2, 0.25) is 5.82 Å². The number of hydrogen-bond acceptors (Lipinski definition) is 6. The van der Waals surface area contributed by atoms with E-state index < -0.39 is 0 Å². The third kappa shape index (κ3) is 2.56. The van der Waals surface area contributed by atoms with E-state index in [4.69, 9.17) is 24.2 Å². The van der Waals surface area contributed by atoms with Gasteiger partial charge < -0.3 is 9.64 Å². The molecule has 0 atom stereocenters. The average molecular weight is 377 g/mol. The molecule has 0 amide bonds. The third-order valence-corrected chi connectivity index (χ3v) is 5.15. The van der Waals surface area contributed by atoms with Crippen LogP contribution in [0.5, 0.6) is 0 Å². The first-order chi connectivity index (χ1) is 13.1. The molecule has 5 rings (SSSR count). The molecule has 0 saturated heterocycles. The highest BCUT2D eigenvalue weighted by molar-refractivity contribution is 6.48. The molecular weight excluding hydrogens is 363 g/mol. The van der Waals surface area contributed by atoms with Crippen LogP contribution in [0.4, 0.5) is 5.69 Å². The summed E-state index contributed by atoms with van der Waals surface area (Å²) in [6.07, 6.45) is 1.82. The Morgan fingerprint density at radius 3 is 2.93 bits per heavy atom. The number of nitrogens with zero attached hydrogens (tertiary/aromatic N) is 6. The minimum Gasteiger partial charge on any atom is -0.375 e. The molecule has 7 nitrogen and oxygen atoms in total. The third-order valence-electron chi connectivity index (χ3n) is 4.82. The van der Waals surface area contributed by atoms with E-state index >= 15 is 0 Å². The van der Waals surface area contributed by atoms with E-state index in [0.717, 1.165) is 23.2 Å². The van der Waals surface area contributed by atoms with E-state index in [2.05, 4.69) is 25.2 Å². The molecule has 0 aliphatic carbocycles. The maximum atomic E-state index is 6.14. The van der Waals surface area contributed by atoms with E-state index in [0.29, 0.717) is 46.4 Å². The number of benzene rings is 1. The highest BCUT2D eigenvalue weighted by Crippen LogP contribution is 2.27. The fourth-order valence-corrected chi connectivity index (χ4v) is 3.47. The number of likely N-dealkylation sites (N-methyl/N-ethyl adjacent to an activating group) is 1. The van der Waals surface area contributed by atoms with Crippen LogP contribution >= 0.6 is 11.6 Å². The Kier molecular flexibility index (Phi) is 3.77. The van der Waals surface area contributed by atoms with Crippen LogP contribution in [-0.2, 0) is 11.3 Å². The van der Waals surface area contributed by atoms with Crippen LogP contribution in [-0.4, -0.2) is 52.8 Å². The molecule has 1 aliphatic heterocycles. The van der Waals surface area contributed by atoms with Crippen molar-refractivity contribution < 1.29 is 4.74 Å². The van der Waals surface area contributed by atoms with Gasteiger partial charge in [-0.3, -0.25) is 0 Å². The standard InChI is InChI=1S/C18H14BClN6O/c1-25-6-7-27-9-11-14(25)8-21-26-17(11)23-24-18(26)13-5-3-10-2-4-12(20)15(19)16(10)22-13/h2-5,8H,6-7,9H2,1H3. The van der Waals surface area contributed by atoms with Crippen molar-refractivity contribution in [3.05, 3.63) is 41.0 Å². The van der Waals surface area contributed by atoms with Crippen molar-refractivity contribution in [3.63, 3.8) is 0 Å². The molecule has 1 aliphatic rings. The van der Waals surface area contributed by atoms with Gasteiger partial charge >= 0.3 is 0 Å².